The van der Waals surface area contributed by atoms with E-state index in [4.69, 9.17) is 0 Å². The lowest BCUT2D eigenvalue weighted by atomic mass is 10.2. The lowest BCUT2D eigenvalue weighted by Crippen LogP contribution is -2.21. The van der Waals surface area contributed by atoms with Crippen molar-refractivity contribution in [2.24, 2.45) is 0 Å². The van der Waals surface area contributed by atoms with Crippen molar-refractivity contribution in [2.75, 3.05) is 7.05 Å². The van der Waals surface area contributed by atoms with E-state index in [0.29, 0.717) is 6.04 Å². The molecular weight excluding hydrogens is 278 g/mol. The molecule has 21 heavy (non-hydrogen) atoms. The van der Waals surface area contributed by atoms with Gasteiger partial charge in [0, 0.05) is 47.8 Å². The van der Waals surface area contributed by atoms with Gasteiger partial charge in [-0.2, -0.15) is 0 Å². The average Bonchev–Trinajstić information content (AvgIpc) is 2.78. The molecule has 0 saturated heterocycles. The summed E-state index contributed by atoms with van der Waals surface area (Å²) in [6.07, 6.45) is 3.71. The number of hydrogen-bond acceptors (Lipinski definition) is 4. The Morgan fingerprint density at radius 2 is 1.95 bits per heavy atom. The number of aromatic nitrogens is 1. The van der Waals surface area contributed by atoms with Gasteiger partial charge in [0.2, 0.25) is 0 Å². The van der Waals surface area contributed by atoms with E-state index in [2.05, 4.69) is 61.2 Å². The predicted octanol–water partition coefficient (Wildman–Crippen LogP) is 3.58. The molecule has 0 aliphatic carbocycles. The van der Waals surface area contributed by atoms with Crippen molar-refractivity contribution < 1.29 is 0 Å². The van der Waals surface area contributed by atoms with Gasteiger partial charge in [-0.15, -0.1) is 11.3 Å². The quantitative estimate of drug-likeness (QED) is 0.847. The zero-order valence-electron chi connectivity index (χ0n) is 13.4. The molecule has 0 amide bonds. The minimum Gasteiger partial charge on any atom is -0.310 e. The Morgan fingerprint density at radius 3 is 2.62 bits per heavy atom. The zero-order valence-corrected chi connectivity index (χ0v) is 14.2. The van der Waals surface area contributed by atoms with Crippen LogP contribution < -0.4 is 5.32 Å². The van der Waals surface area contributed by atoms with Crippen LogP contribution >= 0.6 is 11.3 Å². The van der Waals surface area contributed by atoms with Gasteiger partial charge < -0.3 is 5.32 Å². The Morgan fingerprint density at radius 1 is 1.24 bits per heavy atom. The molecule has 2 heterocycles. The lowest BCUT2D eigenvalue weighted by molar-refractivity contribution is 0.319. The number of pyridine rings is 1. The second kappa shape index (κ2) is 7.69. The van der Waals surface area contributed by atoms with Gasteiger partial charge in [-0.05, 0) is 43.3 Å². The number of nitrogens with one attached hydrogen (secondary N) is 1. The summed E-state index contributed by atoms with van der Waals surface area (Å²) in [6, 6.07) is 7.03. The van der Waals surface area contributed by atoms with Gasteiger partial charge in [0.05, 0.1) is 0 Å². The van der Waals surface area contributed by atoms with Gasteiger partial charge in [-0.3, -0.25) is 9.88 Å². The topological polar surface area (TPSA) is 28.2 Å². The largest absolute Gasteiger partial charge is 0.310 e. The van der Waals surface area contributed by atoms with Gasteiger partial charge in [0.15, 0.2) is 0 Å². The van der Waals surface area contributed by atoms with E-state index < -0.39 is 0 Å². The highest BCUT2D eigenvalue weighted by Gasteiger charge is 2.09. The fraction of sp³-hybridized carbons (Fsp3) is 0.471. The van der Waals surface area contributed by atoms with Crippen LogP contribution in [0, 0.1) is 6.92 Å². The van der Waals surface area contributed by atoms with Crippen molar-refractivity contribution in [1.29, 1.82) is 0 Å². The van der Waals surface area contributed by atoms with Gasteiger partial charge in [0.25, 0.3) is 0 Å². The van der Waals surface area contributed by atoms with Crippen molar-refractivity contribution >= 4 is 11.3 Å². The van der Waals surface area contributed by atoms with Crippen LogP contribution in [-0.2, 0) is 19.6 Å². The van der Waals surface area contributed by atoms with Gasteiger partial charge in [-0.1, -0.05) is 13.8 Å². The summed E-state index contributed by atoms with van der Waals surface area (Å²) in [5.41, 5.74) is 2.75. The molecular formula is C17H25N3S. The van der Waals surface area contributed by atoms with Crippen molar-refractivity contribution in [3.05, 3.63) is 51.5 Å². The molecule has 0 aliphatic rings. The molecule has 1 N–H and O–H groups in total. The Bertz CT molecular complexity index is 548. The minimum absolute atomic E-state index is 0.533. The van der Waals surface area contributed by atoms with Crippen LogP contribution in [0.2, 0.25) is 0 Å². The Balaban J connectivity index is 1.92. The average molecular weight is 303 g/mol. The van der Waals surface area contributed by atoms with E-state index in [9.17, 15) is 0 Å². The van der Waals surface area contributed by atoms with Crippen LogP contribution in [0.15, 0.2) is 30.6 Å². The second-order valence-electron chi connectivity index (χ2n) is 5.86. The summed E-state index contributed by atoms with van der Waals surface area (Å²) in [6.45, 7) is 9.51. The fourth-order valence-electron chi connectivity index (χ4n) is 2.28. The van der Waals surface area contributed by atoms with Crippen molar-refractivity contribution in [3.8, 4) is 0 Å². The first-order valence-electron chi connectivity index (χ1n) is 7.43. The van der Waals surface area contributed by atoms with Crippen LogP contribution in [0.5, 0.6) is 0 Å². The Kier molecular flexibility index (Phi) is 5.91. The van der Waals surface area contributed by atoms with E-state index in [1.165, 1.54) is 20.9 Å². The van der Waals surface area contributed by atoms with E-state index in [0.717, 1.165) is 19.6 Å². The molecule has 0 aliphatic heterocycles. The molecule has 0 radical (unpaired) electrons. The highest BCUT2D eigenvalue weighted by molar-refractivity contribution is 7.12. The predicted molar refractivity (Wildman–Crippen MR) is 90.4 cm³/mol. The van der Waals surface area contributed by atoms with E-state index in [-0.39, 0.29) is 0 Å². The molecule has 2 rings (SSSR count). The fourth-order valence-corrected chi connectivity index (χ4v) is 3.29. The third-order valence-electron chi connectivity index (χ3n) is 3.40. The SMILES string of the molecule is Cc1sc(CNC(C)C)cc1CN(C)Cc1ccncc1. The molecule has 2 aromatic heterocycles. The third-order valence-corrected chi connectivity index (χ3v) is 4.49. The van der Waals surface area contributed by atoms with Crippen LogP contribution in [0.25, 0.3) is 0 Å². The van der Waals surface area contributed by atoms with Crippen LogP contribution in [0.1, 0.15) is 34.7 Å². The van der Waals surface area contributed by atoms with Crippen molar-refractivity contribution in [1.82, 2.24) is 15.2 Å². The van der Waals surface area contributed by atoms with Crippen LogP contribution in [0.3, 0.4) is 0 Å². The normalized spacial score (nSPS) is 11.5. The molecule has 3 nitrogen and oxygen atoms in total. The van der Waals surface area contributed by atoms with E-state index in [1.807, 2.05) is 23.7 Å². The van der Waals surface area contributed by atoms with E-state index in [1.54, 1.807) is 0 Å². The van der Waals surface area contributed by atoms with Crippen molar-refractivity contribution in [2.45, 2.75) is 46.4 Å². The molecule has 0 atom stereocenters. The van der Waals surface area contributed by atoms with Crippen LogP contribution in [-0.4, -0.2) is 23.0 Å². The number of thiophene rings is 1. The molecule has 4 heteroatoms. The van der Waals surface area contributed by atoms with Gasteiger partial charge >= 0.3 is 0 Å². The summed E-state index contributed by atoms with van der Waals surface area (Å²) in [7, 11) is 2.17. The summed E-state index contributed by atoms with van der Waals surface area (Å²) in [4.78, 5) is 9.27. The van der Waals surface area contributed by atoms with Crippen molar-refractivity contribution in [3.63, 3.8) is 0 Å². The molecule has 0 fully saturated rings. The van der Waals surface area contributed by atoms with Gasteiger partial charge in [-0.25, -0.2) is 0 Å². The zero-order chi connectivity index (χ0) is 15.2. The highest BCUT2D eigenvalue weighted by Crippen LogP contribution is 2.23. The monoisotopic (exact) mass is 303 g/mol. The molecule has 0 unspecified atom stereocenters. The van der Waals surface area contributed by atoms with E-state index >= 15 is 0 Å². The maximum atomic E-state index is 4.06. The molecule has 0 aromatic carbocycles. The Labute approximate surface area is 132 Å². The first-order valence-corrected chi connectivity index (χ1v) is 8.25. The third kappa shape index (κ3) is 5.23. The Hall–Kier alpha value is -1.23. The van der Waals surface area contributed by atoms with Crippen LogP contribution in [0.4, 0.5) is 0 Å². The first-order chi connectivity index (χ1) is 10.0. The standard InChI is InChI=1S/C17H25N3S/c1-13(2)19-10-17-9-16(14(3)21-17)12-20(4)11-15-5-7-18-8-6-15/h5-9,13,19H,10-12H2,1-4H3. The molecule has 0 bridgehead atoms. The summed E-state index contributed by atoms with van der Waals surface area (Å²) >= 11 is 1.91. The summed E-state index contributed by atoms with van der Waals surface area (Å²) in [5.74, 6) is 0. The second-order valence-corrected chi connectivity index (χ2v) is 7.20. The maximum Gasteiger partial charge on any atom is 0.0302 e. The highest BCUT2D eigenvalue weighted by atomic mass is 32.1. The number of rotatable bonds is 7. The smallest absolute Gasteiger partial charge is 0.0302 e. The maximum absolute atomic E-state index is 4.06. The number of aryl methyl sites for hydroxylation is 1. The number of nitrogens with zero attached hydrogens (tertiary/aromatic N) is 2. The molecule has 114 valence electrons. The number of hydrogen-bond donors (Lipinski definition) is 1. The molecule has 2 aromatic rings. The van der Waals surface area contributed by atoms with Gasteiger partial charge in [0.1, 0.15) is 0 Å². The molecule has 0 spiro atoms. The summed E-state index contributed by atoms with van der Waals surface area (Å²) < 4.78 is 0. The first kappa shape index (κ1) is 16.1. The molecule has 0 saturated carbocycles. The lowest BCUT2D eigenvalue weighted by Gasteiger charge is -2.16. The summed E-state index contributed by atoms with van der Waals surface area (Å²) in [5, 5.41) is 3.49. The minimum atomic E-state index is 0.533.